The van der Waals surface area contributed by atoms with Crippen molar-refractivity contribution in [2.45, 2.75) is 0 Å². The number of aliphatic hydroxyl groups excluding tert-OH is 2. The normalized spacial score (nSPS) is 11.3. The average molecular weight is 412 g/mol. The van der Waals surface area contributed by atoms with Crippen LogP contribution in [-0.4, -0.2) is 48.6 Å². The first-order chi connectivity index (χ1) is 14.2. The van der Waals surface area contributed by atoms with Crippen LogP contribution in [0.2, 0.25) is 0 Å². The van der Waals surface area contributed by atoms with E-state index in [9.17, 15) is 15.0 Å². The van der Waals surface area contributed by atoms with Crippen LogP contribution in [0.5, 0.6) is 5.75 Å². The fourth-order valence-electron chi connectivity index (χ4n) is 3.35. The smallest absolute Gasteiger partial charge is 0.350 e. The number of rotatable bonds is 7. The van der Waals surface area contributed by atoms with E-state index in [1.54, 1.807) is 6.07 Å². The predicted molar refractivity (Wildman–Crippen MR) is 114 cm³/mol. The number of hydrogen-bond donors (Lipinski definition) is 2. The molecule has 4 aromatic rings. The van der Waals surface area contributed by atoms with Gasteiger partial charge in [0, 0.05) is 24.8 Å². The van der Waals surface area contributed by atoms with Crippen LogP contribution in [0.1, 0.15) is 0 Å². The summed E-state index contributed by atoms with van der Waals surface area (Å²) < 4.78 is 12.2. The number of nitrogens with zero attached hydrogens (tertiary/aromatic N) is 2. The Hall–Kier alpha value is -2.94. The van der Waals surface area contributed by atoms with Crippen LogP contribution in [0, 0.1) is 0 Å². The van der Waals surface area contributed by atoms with Gasteiger partial charge in [0.05, 0.1) is 35.9 Å². The van der Waals surface area contributed by atoms with E-state index >= 15 is 0 Å². The summed E-state index contributed by atoms with van der Waals surface area (Å²) in [5.41, 5.74) is 1.69. The molecule has 0 fully saturated rings. The summed E-state index contributed by atoms with van der Waals surface area (Å²) in [7, 11) is 1.52. The van der Waals surface area contributed by atoms with E-state index in [1.165, 1.54) is 18.4 Å². The Bertz CT molecular complexity index is 1180. The molecule has 0 amide bonds. The lowest BCUT2D eigenvalue weighted by molar-refractivity contribution is 0.281. The first-order valence-corrected chi connectivity index (χ1v) is 9.95. The second kappa shape index (κ2) is 8.20. The Morgan fingerprint density at radius 1 is 1.14 bits per heavy atom. The van der Waals surface area contributed by atoms with Gasteiger partial charge in [0.15, 0.2) is 0 Å². The summed E-state index contributed by atoms with van der Waals surface area (Å²) in [6, 6.07) is 13.0. The van der Waals surface area contributed by atoms with Crippen LogP contribution in [0.4, 0.5) is 5.69 Å². The molecule has 0 spiro atoms. The third kappa shape index (κ3) is 3.57. The lowest BCUT2D eigenvalue weighted by Gasteiger charge is -2.23. The number of thiazole rings is 1. The number of aliphatic hydroxyl groups is 2. The van der Waals surface area contributed by atoms with Gasteiger partial charge in [0.25, 0.3) is 0 Å². The first-order valence-electron chi connectivity index (χ1n) is 9.13. The lowest BCUT2D eigenvalue weighted by Crippen LogP contribution is -2.29. The van der Waals surface area contributed by atoms with Gasteiger partial charge in [-0.25, -0.2) is 9.78 Å². The fourth-order valence-corrected chi connectivity index (χ4v) is 4.34. The van der Waals surface area contributed by atoms with Gasteiger partial charge in [-0.15, -0.1) is 11.3 Å². The van der Waals surface area contributed by atoms with Crippen LogP contribution in [0.3, 0.4) is 0 Å². The van der Waals surface area contributed by atoms with E-state index in [0.29, 0.717) is 40.4 Å². The van der Waals surface area contributed by atoms with Gasteiger partial charge in [-0.05, 0) is 24.3 Å². The summed E-state index contributed by atoms with van der Waals surface area (Å²) in [6.45, 7) is 0.609. The van der Waals surface area contributed by atoms with Crippen LogP contribution >= 0.6 is 11.3 Å². The maximum atomic E-state index is 12.8. The molecular formula is C21H20N2O5S. The largest absolute Gasteiger partial charge is 0.495 e. The summed E-state index contributed by atoms with van der Waals surface area (Å²) in [5, 5.41) is 19.7. The SMILES string of the molecule is COc1c(-c2nc3ccccc3s2)c(=O)oc2cc(N(CCO)CCO)ccc12. The molecule has 0 unspecified atom stereocenters. The van der Waals surface area contributed by atoms with Crippen LogP contribution in [-0.2, 0) is 0 Å². The third-order valence-corrected chi connectivity index (χ3v) is 5.71. The minimum absolute atomic E-state index is 0.0537. The molecule has 0 atom stereocenters. The van der Waals surface area contributed by atoms with E-state index in [4.69, 9.17) is 9.15 Å². The topological polar surface area (TPSA) is 96.0 Å². The molecule has 0 aliphatic heterocycles. The number of ether oxygens (including phenoxy) is 1. The van der Waals surface area contributed by atoms with Crippen molar-refractivity contribution in [2.24, 2.45) is 0 Å². The zero-order chi connectivity index (χ0) is 20.4. The zero-order valence-electron chi connectivity index (χ0n) is 15.8. The maximum Gasteiger partial charge on any atom is 0.350 e. The Kier molecular flexibility index (Phi) is 5.48. The van der Waals surface area contributed by atoms with Gasteiger partial charge in [-0.2, -0.15) is 0 Å². The van der Waals surface area contributed by atoms with Gasteiger partial charge in [0.1, 0.15) is 21.9 Å². The number of benzene rings is 2. The minimum atomic E-state index is -0.526. The van der Waals surface area contributed by atoms with E-state index in [1.807, 2.05) is 41.3 Å². The second-order valence-corrected chi connectivity index (χ2v) is 7.43. The number of para-hydroxylation sites is 1. The van der Waals surface area contributed by atoms with Crippen molar-refractivity contribution in [3.63, 3.8) is 0 Å². The Morgan fingerprint density at radius 3 is 2.59 bits per heavy atom. The molecule has 2 heterocycles. The lowest BCUT2D eigenvalue weighted by atomic mass is 10.1. The Morgan fingerprint density at radius 2 is 1.90 bits per heavy atom. The van der Waals surface area contributed by atoms with Crippen molar-refractivity contribution in [3.05, 3.63) is 52.9 Å². The molecule has 2 aromatic heterocycles. The molecule has 0 radical (unpaired) electrons. The molecule has 0 saturated heterocycles. The van der Waals surface area contributed by atoms with Crippen molar-refractivity contribution in [1.82, 2.24) is 4.98 Å². The third-order valence-electron chi connectivity index (χ3n) is 4.66. The van der Waals surface area contributed by atoms with Crippen molar-refractivity contribution in [2.75, 3.05) is 38.3 Å². The number of methoxy groups -OCH3 is 1. The highest BCUT2D eigenvalue weighted by atomic mass is 32.1. The van der Waals surface area contributed by atoms with E-state index < -0.39 is 5.63 Å². The number of aromatic nitrogens is 1. The molecule has 4 rings (SSSR count). The van der Waals surface area contributed by atoms with Crippen LogP contribution in [0.25, 0.3) is 31.8 Å². The summed E-state index contributed by atoms with van der Waals surface area (Å²) in [5.74, 6) is 0.415. The molecule has 0 aliphatic rings. The van der Waals surface area contributed by atoms with Crippen LogP contribution in [0.15, 0.2) is 51.7 Å². The number of fused-ring (bicyclic) bond motifs is 2. The van der Waals surface area contributed by atoms with Crippen molar-refractivity contribution in [3.8, 4) is 16.3 Å². The molecule has 2 N–H and O–H groups in total. The van der Waals surface area contributed by atoms with E-state index in [2.05, 4.69) is 4.98 Å². The van der Waals surface area contributed by atoms with E-state index in [0.717, 1.165) is 15.9 Å². The Balaban J connectivity index is 1.88. The van der Waals surface area contributed by atoms with Gasteiger partial charge in [-0.3, -0.25) is 0 Å². The number of anilines is 1. The maximum absolute atomic E-state index is 12.8. The molecule has 2 aromatic carbocycles. The molecule has 150 valence electrons. The summed E-state index contributed by atoms with van der Waals surface area (Å²) in [4.78, 5) is 19.2. The molecule has 0 saturated carbocycles. The molecule has 8 heteroatoms. The van der Waals surface area contributed by atoms with Gasteiger partial charge >= 0.3 is 5.63 Å². The zero-order valence-corrected chi connectivity index (χ0v) is 16.6. The molecule has 0 bridgehead atoms. The number of hydrogen-bond acceptors (Lipinski definition) is 8. The second-order valence-electron chi connectivity index (χ2n) is 6.40. The molecular weight excluding hydrogens is 392 g/mol. The highest BCUT2D eigenvalue weighted by Crippen LogP contribution is 2.38. The van der Waals surface area contributed by atoms with Crippen molar-refractivity contribution < 1.29 is 19.4 Å². The monoisotopic (exact) mass is 412 g/mol. The fraction of sp³-hybridized carbons (Fsp3) is 0.238. The minimum Gasteiger partial charge on any atom is -0.495 e. The predicted octanol–water partition coefficient (Wildman–Crippen LogP) is 2.87. The van der Waals surface area contributed by atoms with Crippen molar-refractivity contribution >= 4 is 38.2 Å². The van der Waals surface area contributed by atoms with Crippen LogP contribution < -0.4 is 15.3 Å². The Labute approximate surface area is 170 Å². The van der Waals surface area contributed by atoms with Gasteiger partial charge in [-0.1, -0.05) is 12.1 Å². The van der Waals surface area contributed by atoms with E-state index in [-0.39, 0.29) is 13.2 Å². The molecule has 0 aliphatic carbocycles. The molecule has 7 nitrogen and oxygen atoms in total. The van der Waals surface area contributed by atoms with Crippen molar-refractivity contribution in [1.29, 1.82) is 0 Å². The molecule has 29 heavy (non-hydrogen) atoms. The highest BCUT2D eigenvalue weighted by molar-refractivity contribution is 7.21. The average Bonchev–Trinajstić information content (AvgIpc) is 3.15. The quantitative estimate of drug-likeness (QED) is 0.451. The highest BCUT2D eigenvalue weighted by Gasteiger charge is 2.21. The summed E-state index contributed by atoms with van der Waals surface area (Å²) >= 11 is 1.41. The standard InChI is InChI=1S/C21H20N2O5S/c1-27-19-14-7-6-13(23(8-10-24)9-11-25)12-16(14)28-21(26)18(19)20-22-15-4-2-3-5-17(15)29-20/h2-7,12,24-25H,8-11H2,1H3. The first kappa shape index (κ1) is 19.4. The van der Waals surface area contributed by atoms with Gasteiger partial charge < -0.3 is 24.3 Å². The van der Waals surface area contributed by atoms with Gasteiger partial charge in [0.2, 0.25) is 0 Å². The summed E-state index contributed by atoms with van der Waals surface area (Å²) in [6.07, 6.45) is 0.